The van der Waals surface area contributed by atoms with Gasteiger partial charge in [0, 0.05) is 36.6 Å². The highest BCUT2D eigenvalue weighted by Gasteiger charge is 2.43. The molecule has 3 aliphatic rings. The minimum Gasteiger partial charge on any atom is -0.475 e. The van der Waals surface area contributed by atoms with Crippen molar-refractivity contribution in [2.24, 2.45) is 5.92 Å². The van der Waals surface area contributed by atoms with E-state index in [1.807, 2.05) is 6.92 Å². The van der Waals surface area contributed by atoms with Crippen molar-refractivity contribution in [1.82, 2.24) is 14.9 Å². The highest BCUT2D eigenvalue weighted by Crippen LogP contribution is 2.35. The number of halogens is 3. The van der Waals surface area contributed by atoms with Crippen LogP contribution in [0.15, 0.2) is 5.38 Å². The molecule has 1 N–H and O–H groups in total. The number of likely N-dealkylation sites (tertiary alicyclic amines) is 1. The van der Waals surface area contributed by atoms with E-state index in [0.717, 1.165) is 51.1 Å². The third-order valence-electron chi connectivity index (χ3n) is 5.34. The lowest BCUT2D eigenvalue weighted by Gasteiger charge is -2.27. The molecule has 31 heavy (non-hydrogen) atoms. The highest BCUT2D eigenvalue weighted by atomic mass is 32.1. The molecule has 4 heterocycles. The molecule has 0 saturated carbocycles. The summed E-state index contributed by atoms with van der Waals surface area (Å²) < 4.78 is 37.9. The number of aliphatic carboxylic acids is 1. The molecule has 3 atom stereocenters. The summed E-state index contributed by atoms with van der Waals surface area (Å²) in [6.07, 6.45) is -1.24. The second-order valence-corrected chi connectivity index (χ2v) is 8.85. The first-order chi connectivity index (χ1) is 14.6. The summed E-state index contributed by atoms with van der Waals surface area (Å²) in [5.41, 5.74) is 1.10. The van der Waals surface area contributed by atoms with E-state index in [1.54, 1.807) is 11.3 Å². The van der Waals surface area contributed by atoms with Crippen molar-refractivity contribution in [2.75, 3.05) is 26.2 Å². The summed E-state index contributed by atoms with van der Waals surface area (Å²) in [7, 11) is 0. The Labute approximate surface area is 181 Å². The summed E-state index contributed by atoms with van der Waals surface area (Å²) >= 11 is 1.73. The van der Waals surface area contributed by atoms with E-state index < -0.39 is 12.1 Å². The number of hydrogen-bond acceptors (Lipinski definition) is 7. The average Bonchev–Trinajstić information content (AvgIpc) is 3.37. The topological polar surface area (TPSA) is 92.2 Å². The number of alkyl halides is 3. The first-order valence-electron chi connectivity index (χ1n) is 10.1. The fourth-order valence-corrected chi connectivity index (χ4v) is 4.78. The molecule has 1 aromatic heterocycles. The van der Waals surface area contributed by atoms with E-state index in [9.17, 15) is 18.0 Å². The van der Waals surface area contributed by atoms with Crippen molar-refractivity contribution < 1.29 is 37.4 Å². The number of carbonyl (C=O) groups is 2. The monoisotopic (exact) mass is 465 g/mol. The Kier molecular flexibility index (Phi) is 7.89. The van der Waals surface area contributed by atoms with E-state index in [4.69, 9.17) is 19.5 Å². The fourth-order valence-electron chi connectivity index (χ4n) is 3.97. The number of hydrogen-bond donors (Lipinski definition) is 1. The Morgan fingerprint density at radius 2 is 2.06 bits per heavy atom. The number of carbonyl (C=O) groups excluding carboxylic acids is 1. The van der Waals surface area contributed by atoms with Gasteiger partial charge in [0.25, 0.3) is 0 Å². The van der Waals surface area contributed by atoms with Gasteiger partial charge in [-0.05, 0) is 26.2 Å². The second-order valence-electron chi connectivity index (χ2n) is 7.91. The number of aryl methyl sites for hydroxylation is 1. The number of nitrogens with zero attached hydrogens (tertiary/aromatic N) is 3. The maximum absolute atomic E-state index is 12.3. The Hall–Kier alpha value is -1.76. The Balaban J connectivity index is 0.000000339. The maximum atomic E-state index is 12.3. The predicted molar refractivity (Wildman–Crippen MR) is 104 cm³/mol. The number of aromatic nitrogens is 1. The molecular weight excluding hydrogens is 439 g/mol. The fraction of sp³-hybridized carbons (Fsp3) is 0.737. The first-order valence-corrected chi connectivity index (χ1v) is 11.0. The van der Waals surface area contributed by atoms with Crippen molar-refractivity contribution in [1.29, 1.82) is 0 Å². The van der Waals surface area contributed by atoms with E-state index in [1.165, 1.54) is 10.1 Å². The maximum Gasteiger partial charge on any atom is 0.490 e. The number of carboxylic acids is 1. The molecule has 0 aliphatic carbocycles. The van der Waals surface area contributed by atoms with Crippen LogP contribution in [-0.4, -0.2) is 76.6 Å². The van der Waals surface area contributed by atoms with Gasteiger partial charge in [0.1, 0.15) is 5.01 Å². The number of fused-ring (bicyclic) bond motifs is 1. The second kappa shape index (κ2) is 10.2. The van der Waals surface area contributed by atoms with E-state index in [2.05, 4.69) is 15.3 Å². The lowest BCUT2D eigenvalue weighted by Crippen LogP contribution is -2.37. The summed E-state index contributed by atoms with van der Waals surface area (Å²) in [5.74, 6) is -2.13. The minimum atomic E-state index is -5.08. The van der Waals surface area contributed by atoms with Crippen molar-refractivity contribution in [3.63, 3.8) is 0 Å². The van der Waals surface area contributed by atoms with E-state index >= 15 is 0 Å². The molecule has 4 rings (SSSR count). The molecule has 0 spiro atoms. The van der Waals surface area contributed by atoms with Gasteiger partial charge in [0.05, 0.1) is 31.8 Å². The molecule has 12 heteroatoms. The smallest absolute Gasteiger partial charge is 0.475 e. The van der Waals surface area contributed by atoms with Crippen molar-refractivity contribution in [3.05, 3.63) is 16.1 Å². The van der Waals surface area contributed by atoms with Crippen molar-refractivity contribution >= 4 is 23.2 Å². The molecule has 3 aliphatic heterocycles. The third-order valence-corrected chi connectivity index (χ3v) is 6.29. The van der Waals surface area contributed by atoms with Crippen molar-refractivity contribution in [3.8, 4) is 0 Å². The molecule has 0 aromatic carbocycles. The lowest BCUT2D eigenvalue weighted by atomic mass is 10.0. The summed E-state index contributed by atoms with van der Waals surface area (Å²) in [5, 5.41) is 12.0. The summed E-state index contributed by atoms with van der Waals surface area (Å²) in [6.45, 7) is 6.34. The standard InChI is InChI=1S/C17H25N3O3S.C2HF3O2/c1-12-11-24-16(18-12)10-19-8-13-6-14(23-15(13)9-19)7-17(21)20-4-2-3-5-22-20;3-2(4,5)1(6)7/h11,13-15H,2-10H2,1H3;(H,6,7)/t13-,14+,15+;/m0./s1. The molecule has 1 aromatic rings. The van der Waals surface area contributed by atoms with Gasteiger partial charge < -0.3 is 9.84 Å². The molecular formula is C19H26F3N3O5S. The zero-order valence-corrected chi connectivity index (χ0v) is 18.0. The van der Waals surface area contributed by atoms with Gasteiger partial charge >= 0.3 is 12.1 Å². The zero-order chi connectivity index (χ0) is 22.6. The van der Waals surface area contributed by atoms with Gasteiger partial charge in [-0.3, -0.25) is 14.5 Å². The van der Waals surface area contributed by atoms with Crippen LogP contribution in [0.4, 0.5) is 13.2 Å². The van der Waals surface area contributed by atoms with Crippen LogP contribution in [-0.2, 0) is 25.7 Å². The minimum absolute atomic E-state index is 0.0577. The van der Waals surface area contributed by atoms with Crippen LogP contribution in [0.3, 0.4) is 0 Å². The van der Waals surface area contributed by atoms with Crippen molar-refractivity contribution in [2.45, 2.75) is 57.5 Å². The first kappa shape index (κ1) is 23.9. The number of ether oxygens (including phenoxy) is 1. The molecule has 3 saturated heterocycles. The SMILES string of the molecule is Cc1csc(CN2C[C@@H]3C[C@H](CC(=O)N4CCCCO4)O[C@@H]3C2)n1.O=C(O)C(F)(F)F. The van der Waals surface area contributed by atoms with Crippen LogP contribution in [0.2, 0.25) is 0 Å². The molecule has 0 unspecified atom stereocenters. The Morgan fingerprint density at radius 1 is 1.32 bits per heavy atom. The summed E-state index contributed by atoms with van der Waals surface area (Å²) in [6, 6.07) is 0. The van der Waals surface area contributed by atoms with Crippen LogP contribution in [0.5, 0.6) is 0 Å². The average molecular weight is 465 g/mol. The molecule has 0 radical (unpaired) electrons. The van der Waals surface area contributed by atoms with Crippen LogP contribution in [0.1, 0.15) is 36.4 Å². The van der Waals surface area contributed by atoms with E-state index in [-0.39, 0.29) is 18.1 Å². The number of amides is 1. The number of carboxylic acid groups (broad SMARTS) is 1. The van der Waals surface area contributed by atoms with Crippen LogP contribution in [0.25, 0.3) is 0 Å². The Morgan fingerprint density at radius 3 is 2.61 bits per heavy atom. The van der Waals surface area contributed by atoms with Gasteiger partial charge in [-0.25, -0.2) is 14.8 Å². The zero-order valence-electron chi connectivity index (χ0n) is 17.1. The normalized spacial score (nSPS) is 26.3. The number of thiazole rings is 1. The molecule has 3 fully saturated rings. The van der Waals surface area contributed by atoms with Gasteiger partial charge in [0.15, 0.2) is 0 Å². The summed E-state index contributed by atoms with van der Waals surface area (Å²) in [4.78, 5) is 33.6. The van der Waals surface area contributed by atoms with Crippen LogP contribution in [0, 0.1) is 12.8 Å². The van der Waals surface area contributed by atoms with Crippen LogP contribution < -0.4 is 0 Å². The van der Waals surface area contributed by atoms with Gasteiger partial charge in [-0.2, -0.15) is 13.2 Å². The highest BCUT2D eigenvalue weighted by molar-refractivity contribution is 7.09. The van der Waals surface area contributed by atoms with E-state index in [0.29, 0.717) is 18.9 Å². The molecule has 174 valence electrons. The molecule has 1 amide bonds. The quantitative estimate of drug-likeness (QED) is 0.731. The van der Waals surface area contributed by atoms with Gasteiger partial charge in [0.2, 0.25) is 5.91 Å². The third kappa shape index (κ3) is 6.86. The Bertz CT molecular complexity index is 755. The number of rotatable bonds is 4. The predicted octanol–water partition coefficient (Wildman–Crippen LogP) is 2.62. The number of hydroxylamine groups is 2. The van der Waals surface area contributed by atoms with Crippen LogP contribution >= 0.6 is 11.3 Å². The lowest BCUT2D eigenvalue weighted by molar-refractivity contribution is -0.199. The molecule has 8 nitrogen and oxygen atoms in total. The largest absolute Gasteiger partial charge is 0.490 e. The molecule has 0 bridgehead atoms. The van der Waals surface area contributed by atoms with Gasteiger partial charge in [-0.15, -0.1) is 11.3 Å². The van der Waals surface area contributed by atoms with Gasteiger partial charge in [-0.1, -0.05) is 0 Å².